The molecule has 3 N–H and O–H groups in total. The van der Waals surface area contributed by atoms with Gasteiger partial charge in [0.2, 0.25) is 11.8 Å². The molecule has 1 saturated carbocycles. The Balaban J connectivity index is 1.40. The van der Waals surface area contributed by atoms with Gasteiger partial charge in [0.15, 0.2) is 10.3 Å². The first-order chi connectivity index (χ1) is 13.6. The third-order valence-electron chi connectivity index (χ3n) is 4.81. The first-order valence-corrected chi connectivity index (χ1v) is 11.0. The van der Waals surface area contributed by atoms with Crippen molar-refractivity contribution in [2.45, 2.75) is 43.2 Å². The van der Waals surface area contributed by atoms with Crippen molar-refractivity contribution >= 4 is 44.4 Å². The topological polar surface area (TPSA) is 108 Å². The van der Waals surface area contributed by atoms with Gasteiger partial charge in [-0.1, -0.05) is 54.5 Å². The Morgan fingerprint density at radius 3 is 2.79 bits per heavy atom. The number of benzene rings is 1. The summed E-state index contributed by atoms with van der Waals surface area (Å²) in [5, 5.41) is 13.8. The van der Waals surface area contributed by atoms with Gasteiger partial charge in [-0.25, -0.2) is 4.98 Å². The van der Waals surface area contributed by atoms with Crippen LogP contribution in [0.15, 0.2) is 34.2 Å². The third-order valence-corrected chi connectivity index (χ3v) is 6.63. The number of rotatable bonds is 5. The minimum absolute atomic E-state index is 0.0566. The summed E-state index contributed by atoms with van der Waals surface area (Å²) in [6.45, 7) is 0. The molecule has 2 aromatic heterocycles. The maximum Gasteiger partial charge on any atom is 0.258 e. The molecule has 0 spiro atoms. The number of fused-ring (bicyclic) bond motifs is 1. The molecule has 0 radical (unpaired) electrons. The molecule has 3 aromatic rings. The van der Waals surface area contributed by atoms with Crippen LogP contribution in [-0.4, -0.2) is 31.7 Å². The fourth-order valence-corrected chi connectivity index (χ4v) is 5.03. The van der Waals surface area contributed by atoms with Crippen molar-refractivity contribution in [2.75, 3.05) is 11.1 Å². The number of para-hydroxylation sites is 1. The zero-order valence-electron chi connectivity index (χ0n) is 15.1. The summed E-state index contributed by atoms with van der Waals surface area (Å²) in [5.41, 5.74) is 0.904. The van der Waals surface area contributed by atoms with Gasteiger partial charge in [-0.05, 0) is 30.9 Å². The van der Waals surface area contributed by atoms with Crippen LogP contribution in [0, 0.1) is 0 Å². The Morgan fingerprint density at radius 2 is 2.04 bits per heavy atom. The van der Waals surface area contributed by atoms with Crippen LogP contribution in [0.5, 0.6) is 5.88 Å². The van der Waals surface area contributed by atoms with Crippen molar-refractivity contribution < 1.29 is 9.90 Å². The summed E-state index contributed by atoms with van der Waals surface area (Å²) < 4.78 is 1.000. The molecule has 28 heavy (non-hydrogen) atoms. The van der Waals surface area contributed by atoms with Gasteiger partial charge in [0.1, 0.15) is 0 Å². The second kappa shape index (κ2) is 8.32. The number of aromatic nitrogens is 3. The van der Waals surface area contributed by atoms with E-state index in [2.05, 4.69) is 20.3 Å². The highest BCUT2D eigenvalue weighted by atomic mass is 32.2. The van der Waals surface area contributed by atoms with Crippen molar-refractivity contribution in [3.05, 3.63) is 40.2 Å². The number of nitrogens with zero attached hydrogens (tertiary/aromatic N) is 2. The van der Waals surface area contributed by atoms with E-state index >= 15 is 0 Å². The first-order valence-electron chi connectivity index (χ1n) is 9.21. The van der Waals surface area contributed by atoms with Crippen LogP contribution < -0.4 is 10.9 Å². The van der Waals surface area contributed by atoms with E-state index in [0.717, 1.165) is 47.7 Å². The Bertz CT molecular complexity index is 1020. The van der Waals surface area contributed by atoms with Crippen molar-refractivity contribution in [3.63, 3.8) is 0 Å². The van der Waals surface area contributed by atoms with E-state index in [4.69, 9.17) is 0 Å². The van der Waals surface area contributed by atoms with Crippen LogP contribution >= 0.6 is 23.1 Å². The lowest BCUT2D eigenvalue weighted by Gasteiger charge is -2.21. The van der Waals surface area contributed by atoms with Gasteiger partial charge in [0.25, 0.3) is 5.56 Å². The van der Waals surface area contributed by atoms with E-state index in [9.17, 15) is 14.7 Å². The van der Waals surface area contributed by atoms with Crippen LogP contribution in [0.4, 0.5) is 5.13 Å². The summed E-state index contributed by atoms with van der Waals surface area (Å²) >= 11 is 2.48. The van der Waals surface area contributed by atoms with Crippen molar-refractivity contribution in [1.82, 2.24) is 15.0 Å². The lowest BCUT2D eigenvalue weighted by atomic mass is 9.85. The zero-order chi connectivity index (χ0) is 19.5. The quantitative estimate of drug-likeness (QED) is 0.430. The number of H-pyrrole nitrogens is 1. The fourth-order valence-electron chi connectivity index (χ4n) is 3.49. The average Bonchev–Trinajstić information content (AvgIpc) is 3.09. The molecule has 1 fully saturated rings. The molecule has 146 valence electrons. The van der Waals surface area contributed by atoms with Gasteiger partial charge in [-0.15, -0.1) is 0 Å². The predicted octanol–water partition coefficient (Wildman–Crippen LogP) is 3.86. The highest BCUT2D eigenvalue weighted by molar-refractivity contribution is 7.99. The Labute approximate surface area is 169 Å². The number of anilines is 1. The van der Waals surface area contributed by atoms with E-state index in [0.29, 0.717) is 10.7 Å². The molecule has 0 unspecified atom stereocenters. The summed E-state index contributed by atoms with van der Waals surface area (Å²) in [6, 6.07) is 7.66. The van der Waals surface area contributed by atoms with E-state index in [-0.39, 0.29) is 34.2 Å². The van der Waals surface area contributed by atoms with Crippen molar-refractivity contribution in [2.24, 2.45) is 0 Å². The predicted molar refractivity (Wildman–Crippen MR) is 111 cm³/mol. The third kappa shape index (κ3) is 4.20. The number of hydrogen-bond acceptors (Lipinski definition) is 7. The van der Waals surface area contributed by atoms with Crippen molar-refractivity contribution in [3.8, 4) is 5.88 Å². The fraction of sp³-hybridized carbons (Fsp3) is 0.368. The van der Waals surface area contributed by atoms with E-state index in [1.165, 1.54) is 17.8 Å². The summed E-state index contributed by atoms with van der Waals surface area (Å²) in [7, 11) is 0. The smallest absolute Gasteiger partial charge is 0.258 e. The number of aromatic hydroxyl groups is 1. The first kappa shape index (κ1) is 18.9. The van der Waals surface area contributed by atoms with Gasteiger partial charge in [-0.3, -0.25) is 9.59 Å². The maximum absolute atomic E-state index is 12.4. The Hall–Kier alpha value is -2.39. The Morgan fingerprint density at radius 1 is 1.25 bits per heavy atom. The molecule has 9 heteroatoms. The Kier molecular flexibility index (Phi) is 5.63. The zero-order valence-corrected chi connectivity index (χ0v) is 16.7. The SMILES string of the molecule is O=C(CSc1nc(O)c(C2CCCCC2)c(=O)[nH]1)Nc1nc2ccccc2s1. The second-order valence-electron chi connectivity index (χ2n) is 6.77. The number of amides is 1. The highest BCUT2D eigenvalue weighted by Gasteiger charge is 2.23. The molecule has 0 saturated heterocycles. The normalized spacial score (nSPS) is 15.0. The minimum Gasteiger partial charge on any atom is -0.493 e. The van der Waals surface area contributed by atoms with E-state index < -0.39 is 0 Å². The standard InChI is InChI=1S/C19H20N4O3S2/c24-14(21-19-20-12-8-4-5-9-13(12)28-19)10-27-18-22-16(25)15(17(26)23-18)11-6-2-1-3-7-11/h4-5,8-9,11H,1-3,6-7,10H2,(H,20,21,24)(H2,22,23,25,26). The van der Waals surface area contributed by atoms with Gasteiger partial charge in [0, 0.05) is 0 Å². The van der Waals surface area contributed by atoms with Crippen molar-refractivity contribution in [1.29, 1.82) is 0 Å². The lowest BCUT2D eigenvalue weighted by Crippen LogP contribution is -2.21. The maximum atomic E-state index is 12.4. The van der Waals surface area contributed by atoms with Crippen LogP contribution in [0.3, 0.4) is 0 Å². The molecular formula is C19H20N4O3S2. The van der Waals surface area contributed by atoms with Crippen LogP contribution in [0.2, 0.25) is 0 Å². The number of carbonyl (C=O) groups excluding carboxylic acids is 1. The van der Waals surface area contributed by atoms with Gasteiger partial charge in [-0.2, -0.15) is 4.98 Å². The van der Waals surface area contributed by atoms with Gasteiger partial charge >= 0.3 is 0 Å². The summed E-state index contributed by atoms with van der Waals surface area (Å²) in [4.78, 5) is 35.8. The van der Waals surface area contributed by atoms with Crippen LogP contribution in [0.25, 0.3) is 10.2 Å². The van der Waals surface area contributed by atoms with Gasteiger partial charge < -0.3 is 15.4 Å². The largest absolute Gasteiger partial charge is 0.493 e. The average molecular weight is 417 g/mol. The molecule has 7 nitrogen and oxygen atoms in total. The highest BCUT2D eigenvalue weighted by Crippen LogP contribution is 2.34. The number of aromatic amines is 1. The molecular weight excluding hydrogens is 396 g/mol. The number of nitrogens with one attached hydrogen (secondary N) is 2. The number of carbonyl (C=O) groups is 1. The molecule has 0 aliphatic heterocycles. The molecule has 0 bridgehead atoms. The number of thioether (sulfide) groups is 1. The molecule has 0 atom stereocenters. The molecule has 1 aromatic carbocycles. The minimum atomic E-state index is -0.312. The number of thiazole rings is 1. The molecule has 4 rings (SSSR count). The van der Waals surface area contributed by atoms with Crippen LogP contribution in [-0.2, 0) is 4.79 Å². The molecule has 1 aliphatic carbocycles. The van der Waals surface area contributed by atoms with E-state index in [1.54, 1.807) is 0 Å². The lowest BCUT2D eigenvalue weighted by molar-refractivity contribution is -0.113. The molecule has 2 heterocycles. The number of hydrogen-bond donors (Lipinski definition) is 3. The van der Waals surface area contributed by atoms with Crippen LogP contribution in [0.1, 0.15) is 43.6 Å². The second-order valence-corrected chi connectivity index (χ2v) is 8.76. The summed E-state index contributed by atoms with van der Waals surface area (Å²) in [6.07, 6.45) is 5.09. The monoisotopic (exact) mass is 416 g/mol. The summed E-state index contributed by atoms with van der Waals surface area (Å²) in [5.74, 6) is -0.347. The van der Waals surface area contributed by atoms with E-state index in [1.807, 2.05) is 24.3 Å². The van der Waals surface area contributed by atoms with Gasteiger partial charge in [0.05, 0.1) is 21.5 Å². The molecule has 1 amide bonds. The molecule has 1 aliphatic rings.